The van der Waals surface area contributed by atoms with Crippen LogP contribution in [0.5, 0.6) is 5.75 Å². The van der Waals surface area contributed by atoms with Crippen molar-refractivity contribution in [3.63, 3.8) is 0 Å². The number of nitrogens with zero attached hydrogens (tertiary/aromatic N) is 4. The SMILES string of the molecule is Oc1ccsc1-c1nc(C2CN3CCN2CC3)no1. The molecule has 5 heterocycles. The van der Waals surface area contributed by atoms with Crippen molar-refractivity contribution in [2.45, 2.75) is 6.04 Å². The van der Waals surface area contributed by atoms with E-state index in [0.717, 1.165) is 38.5 Å². The van der Waals surface area contributed by atoms with Gasteiger partial charge in [0, 0.05) is 32.7 Å². The van der Waals surface area contributed by atoms with Gasteiger partial charge in [0.1, 0.15) is 10.6 Å². The molecule has 2 aromatic rings. The molecule has 0 saturated carbocycles. The second-order valence-electron chi connectivity index (χ2n) is 4.95. The summed E-state index contributed by atoms with van der Waals surface area (Å²) in [7, 11) is 0. The lowest BCUT2D eigenvalue weighted by molar-refractivity contribution is 0.00781. The van der Waals surface area contributed by atoms with E-state index >= 15 is 0 Å². The van der Waals surface area contributed by atoms with Crippen molar-refractivity contribution in [2.75, 3.05) is 32.7 Å². The van der Waals surface area contributed by atoms with Crippen LogP contribution in [0, 0.1) is 0 Å². The Morgan fingerprint density at radius 3 is 2.79 bits per heavy atom. The fourth-order valence-electron chi connectivity index (χ4n) is 2.79. The zero-order valence-electron chi connectivity index (χ0n) is 10.3. The lowest BCUT2D eigenvalue weighted by Gasteiger charge is -2.46. The number of fused-ring (bicyclic) bond motifs is 3. The van der Waals surface area contributed by atoms with Crippen LogP contribution in [-0.2, 0) is 0 Å². The van der Waals surface area contributed by atoms with Crippen molar-refractivity contribution in [3.8, 4) is 16.5 Å². The number of aromatic nitrogens is 2. The third-order valence-corrected chi connectivity index (χ3v) is 4.75. The molecule has 2 bridgehead atoms. The first-order chi connectivity index (χ1) is 9.31. The molecule has 1 unspecified atom stereocenters. The molecule has 1 N–H and O–H groups in total. The molecule has 0 spiro atoms. The van der Waals surface area contributed by atoms with Crippen LogP contribution in [0.3, 0.4) is 0 Å². The van der Waals surface area contributed by atoms with Crippen LogP contribution < -0.4 is 0 Å². The minimum Gasteiger partial charge on any atom is -0.506 e. The van der Waals surface area contributed by atoms with Gasteiger partial charge in [-0.05, 0) is 11.4 Å². The van der Waals surface area contributed by atoms with Gasteiger partial charge in [0.15, 0.2) is 5.82 Å². The second-order valence-corrected chi connectivity index (χ2v) is 5.86. The number of rotatable bonds is 2. The van der Waals surface area contributed by atoms with Gasteiger partial charge in [0.05, 0.1) is 6.04 Å². The van der Waals surface area contributed by atoms with E-state index in [2.05, 4.69) is 19.9 Å². The van der Waals surface area contributed by atoms with Crippen molar-refractivity contribution < 1.29 is 9.63 Å². The van der Waals surface area contributed by atoms with Gasteiger partial charge in [-0.15, -0.1) is 11.3 Å². The Labute approximate surface area is 114 Å². The van der Waals surface area contributed by atoms with Gasteiger partial charge in [0.2, 0.25) is 0 Å². The van der Waals surface area contributed by atoms with Gasteiger partial charge in [-0.1, -0.05) is 5.16 Å². The van der Waals surface area contributed by atoms with Crippen molar-refractivity contribution in [2.24, 2.45) is 0 Å². The summed E-state index contributed by atoms with van der Waals surface area (Å²) in [6.45, 7) is 5.37. The third-order valence-electron chi connectivity index (χ3n) is 3.86. The fourth-order valence-corrected chi connectivity index (χ4v) is 3.49. The highest BCUT2D eigenvalue weighted by Gasteiger charge is 2.35. The summed E-state index contributed by atoms with van der Waals surface area (Å²) in [5.41, 5.74) is 0. The number of piperazine rings is 3. The van der Waals surface area contributed by atoms with Gasteiger partial charge in [-0.25, -0.2) is 0 Å². The number of hydrogen-bond donors (Lipinski definition) is 1. The fraction of sp³-hybridized carbons (Fsp3) is 0.500. The summed E-state index contributed by atoms with van der Waals surface area (Å²) in [6.07, 6.45) is 0. The zero-order valence-corrected chi connectivity index (χ0v) is 11.1. The summed E-state index contributed by atoms with van der Waals surface area (Å²) in [5.74, 6) is 1.35. The van der Waals surface area contributed by atoms with Gasteiger partial charge < -0.3 is 9.63 Å². The van der Waals surface area contributed by atoms with Crippen molar-refractivity contribution in [1.29, 1.82) is 0 Å². The molecule has 100 valence electrons. The molecular formula is C12H14N4O2S. The highest BCUT2D eigenvalue weighted by molar-refractivity contribution is 7.13. The Hall–Kier alpha value is -1.44. The van der Waals surface area contributed by atoms with Gasteiger partial charge in [-0.3, -0.25) is 9.80 Å². The molecule has 2 aromatic heterocycles. The summed E-state index contributed by atoms with van der Waals surface area (Å²) in [6, 6.07) is 1.86. The summed E-state index contributed by atoms with van der Waals surface area (Å²) in [5, 5.41) is 15.6. The van der Waals surface area contributed by atoms with Gasteiger partial charge >= 0.3 is 0 Å². The van der Waals surface area contributed by atoms with Crippen molar-refractivity contribution in [3.05, 3.63) is 17.3 Å². The average molecular weight is 278 g/mol. The Morgan fingerprint density at radius 1 is 1.32 bits per heavy atom. The van der Waals surface area contributed by atoms with E-state index in [9.17, 15) is 5.11 Å². The lowest BCUT2D eigenvalue weighted by atomic mass is 10.1. The van der Waals surface area contributed by atoms with Crippen molar-refractivity contribution in [1.82, 2.24) is 19.9 Å². The minimum atomic E-state index is 0.203. The first-order valence-corrected chi connectivity index (χ1v) is 7.26. The molecule has 0 aliphatic carbocycles. The van der Waals surface area contributed by atoms with Crippen LogP contribution in [0.2, 0.25) is 0 Å². The maximum absolute atomic E-state index is 9.69. The maximum atomic E-state index is 9.69. The highest BCUT2D eigenvalue weighted by atomic mass is 32.1. The molecule has 0 aromatic carbocycles. The highest BCUT2D eigenvalue weighted by Crippen LogP contribution is 2.35. The summed E-state index contributed by atoms with van der Waals surface area (Å²) < 4.78 is 5.29. The molecule has 5 rings (SSSR count). The summed E-state index contributed by atoms with van der Waals surface area (Å²) in [4.78, 5) is 9.95. The number of aromatic hydroxyl groups is 1. The zero-order chi connectivity index (χ0) is 12.8. The molecular weight excluding hydrogens is 264 g/mol. The van der Waals surface area contributed by atoms with E-state index in [-0.39, 0.29) is 11.8 Å². The molecule has 6 nitrogen and oxygen atoms in total. The molecule has 3 saturated heterocycles. The van der Waals surface area contributed by atoms with Crippen molar-refractivity contribution >= 4 is 11.3 Å². The Bertz CT molecular complexity index is 588. The smallest absolute Gasteiger partial charge is 0.271 e. The lowest BCUT2D eigenvalue weighted by Crippen LogP contribution is -2.57. The first-order valence-electron chi connectivity index (χ1n) is 6.38. The van der Waals surface area contributed by atoms with Crippen LogP contribution in [-0.4, -0.2) is 57.8 Å². The van der Waals surface area contributed by atoms with Crippen LogP contribution in [0.15, 0.2) is 16.0 Å². The predicted molar refractivity (Wildman–Crippen MR) is 70.0 cm³/mol. The summed E-state index contributed by atoms with van der Waals surface area (Å²) >= 11 is 1.41. The predicted octanol–water partition coefficient (Wildman–Crippen LogP) is 1.18. The normalized spacial score (nSPS) is 29.8. The Balaban J connectivity index is 1.63. The van der Waals surface area contributed by atoms with Crippen LogP contribution >= 0.6 is 11.3 Å². The van der Waals surface area contributed by atoms with Crippen LogP contribution in [0.25, 0.3) is 10.8 Å². The van der Waals surface area contributed by atoms with E-state index in [1.54, 1.807) is 6.07 Å². The maximum Gasteiger partial charge on any atom is 0.271 e. The number of hydrogen-bond acceptors (Lipinski definition) is 7. The minimum absolute atomic E-state index is 0.203. The molecule has 1 atom stereocenters. The molecule has 3 aliphatic heterocycles. The van der Waals surface area contributed by atoms with E-state index in [0.29, 0.717) is 10.8 Å². The number of thiophene rings is 1. The van der Waals surface area contributed by atoms with E-state index in [1.165, 1.54) is 11.3 Å². The Morgan fingerprint density at radius 2 is 2.16 bits per heavy atom. The average Bonchev–Trinajstić information content (AvgIpc) is 3.08. The monoisotopic (exact) mass is 278 g/mol. The largest absolute Gasteiger partial charge is 0.506 e. The quantitative estimate of drug-likeness (QED) is 0.889. The van der Waals surface area contributed by atoms with E-state index < -0.39 is 0 Å². The molecule has 19 heavy (non-hydrogen) atoms. The topological polar surface area (TPSA) is 65.6 Å². The Kier molecular flexibility index (Phi) is 2.57. The first kappa shape index (κ1) is 11.4. The molecule has 0 amide bonds. The van der Waals surface area contributed by atoms with Gasteiger partial charge in [0.25, 0.3) is 5.89 Å². The van der Waals surface area contributed by atoms with Crippen LogP contribution in [0.1, 0.15) is 11.9 Å². The van der Waals surface area contributed by atoms with Gasteiger partial charge in [-0.2, -0.15) is 4.98 Å². The second kappa shape index (κ2) is 4.29. The molecule has 7 heteroatoms. The van der Waals surface area contributed by atoms with E-state index in [4.69, 9.17) is 4.52 Å². The third kappa shape index (κ3) is 1.85. The standard InChI is InChI=1S/C12H14N4O2S/c17-9-1-6-19-10(9)12-13-11(14-18-12)8-7-15-2-4-16(8)5-3-15/h1,6,8,17H,2-5,7H2. The molecule has 3 aliphatic rings. The molecule has 3 fully saturated rings. The van der Waals surface area contributed by atoms with Crippen LogP contribution in [0.4, 0.5) is 0 Å². The molecule has 0 radical (unpaired) electrons. The van der Waals surface area contributed by atoms with E-state index in [1.807, 2.05) is 5.38 Å².